The van der Waals surface area contributed by atoms with Crippen LogP contribution in [0.5, 0.6) is 11.6 Å². The fourth-order valence-electron chi connectivity index (χ4n) is 3.96. The Hall–Kier alpha value is -2.63. The van der Waals surface area contributed by atoms with E-state index >= 15 is 0 Å². The van der Waals surface area contributed by atoms with Crippen LogP contribution in [0.2, 0.25) is 0 Å². The van der Waals surface area contributed by atoms with Crippen LogP contribution in [0.25, 0.3) is 11.3 Å². The van der Waals surface area contributed by atoms with Crippen LogP contribution in [0.1, 0.15) is 37.3 Å². The maximum absolute atomic E-state index is 10.4. The van der Waals surface area contributed by atoms with Gasteiger partial charge in [0.15, 0.2) is 0 Å². The van der Waals surface area contributed by atoms with Gasteiger partial charge in [0.2, 0.25) is 5.88 Å². The fraction of sp³-hybridized carbons (Fsp3) is 0.423. The molecule has 1 aliphatic carbocycles. The van der Waals surface area contributed by atoms with Gasteiger partial charge in [-0.15, -0.1) is 0 Å². The number of hydrogen-bond donors (Lipinski definition) is 1. The summed E-state index contributed by atoms with van der Waals surface area (Å²) in [5.74, 6) is 2.31. The maximum Gasteiger partial charge on any atom is 0.222 e. The summed E-state index contributed by atoms with van der Waals surface area (Å²) in [7, 11) is 1.94. The third-order valence-corrected chi connectivity index (χ3v) is 5.87. The Balaban J connectivity index is 1.71. The van der Waals surface area contributed by atoms with Crippen LogP contribution in [-0.4, -0.2) is 39.0 Å². The van der Waals surface area contributed by atoms with E-state index in [1.165, 1.54) is 12.8 Å². The van der Waals surface area contributed by atoms with Gasteiger partial charge >= 0.3 is 0 Å². The molecule has 1 saturated carbocycles. The lowest BCUT2D eigenvalue weighted by atomic mass is 10.1. The van der Waals surface area contributed by atoms with Crippen molar-refractivity contribution in [2.75, 3.05) is 13.1 Å². The largest absolute Gasteiger partial charge is 0.439 e. The molecular formula is C26H33N3O2. The van der Waals surface area contributed by atoms with Crippen molar-refractivity contribution in [3.05, 3.63) is 65.7 Å². The summed E-state index contributed by atoms with van der Waals surface area (Å²) in [6.45, 7) is 6.47. The Morgan fingerprint density at radius 3 is 2.61 bits per heavy atom. The van der Waals surface area contributed by atoms with Gasteiger partial charge in [0.1, 0.15) is 11.4 Å². The highest BCUT2D eigenvalue weighted by atomic mass is 16.5. The molecule has 2 aromatic carbocycles. The van der Waals surface area contributed by atoms with E-state index in [1.54, 1.807) is 0 Å². The first-order chi connectivity index (χ1) is 15.0. The van der Waals surface area contributed by atoms with Crippen LogP contribution in [-0.2, 0) is 13.6 Å². The molecule has 0 amide bonds. The van der Waals surface area contributed by atoms with Gasteiger partial charge in [-0.1, -0.05) is 49.4 Å². The fourth-order valence-corrected chi connectivity index (χ4v) is 3.96. The summed E-state index contributed by atoms with van der Waals surface area (Å²) in [4.78, 5) is 2.37. The zero-order valence-corrected chi connectivity index (χ0v) is 18.8. The predicted octanol–water partition coefficient (Wildman–Crippen LogP) is 5.17. The quantitative estimate of drug-likeness (QED) is 0.492. The summed E-state index contributed by atoms with van der Waals surface area (Å²) in [5.41, 5.74) is 4.25. The van der Waals surface area contributed by atoms with E-state index in [-0.39, 0.29) is 6.10 Å². The Morgan fingerprint density at radius 2 is 1.94 bits per heavy atom. The number of ether oxygens (including phenoxy) is 1. The lowest BCUT2D eigenvalue weighted by Crippen LogP contribution is -2.33. The van der Waals surface area contributed by atoms with Crippen molar-refractivity contribution >= 4 is 0 Å². The molecule has 5 nitrogen and oxygen atoms in total. The zero-order valence-electron chi connectivity index (χ0n) is 18.8. The van der Waals surface area contributed by atoms with E-state index in [4.69, 9.17) is 9.84 Å². The van der Waals surface area contributed by atoms with E-state index in [0.717, 1.165) is 52.9 Å². The van der Waals surface area contributed by atoms with Crippen LogP contribution in [0, 0.1) is 12.8 Å². The Bertz CT molecular complexity index is 995. The summed E-state index contributed by atoms with van der Waals surface area (Å²) in [5, 5.41) is 15.2. The number of aryl methyl sites for hydroxylation is 2. The SMILES string of the molecule is CCC(O)CN(Cc1c(-c2ccccc2)nn(C)c1Oc1cccc(C)c1)CC1CC1. The van der Waals surface area contributed by atoms with Gasteiger partial charge in [-0.2, -0.15) is 5.10 Å². The molecule has 0 bridgehead atoms. The molecule has 5 heteroatoms. The van der Waals surface area contributed by atoms with E-state index in [2.05, 4.69) is 30.0 Å². The molecule has 0 saturated heterocycles. The molecule has 4 rings (SSSR count). The van der Waals surface area contributed by atoms with Crippen LogP contribution in [0.3, 0.4) is 0 Å². The van der Waals surface area contributed by atoms with Crippen molar-refractivity contribution in [2.24, 2.45) is 13.0 Å². The molecule has 1 aromatic heterocycles. The zero-order chi connectivity index (χ0) is 21.8. The van der Waals surface area contributed by atoms with Crippen molar-refractivity contribution in [3.63, 3.8) is 0 Å². The molecular weight excluding hydrogens is 386 g/mol. The highest BCUT2D eigenvalue weighted by Crippen LogP contribution is 2.36. The third kappa shape index (κ3) is 5.54. The van der Waals surface area contributed by atoms with Crippen LogP contribution in [0.4, 0.5) is 0 Å². The van der Waals surface area contributed by atoms with Gasteiger partial charge in [0.05, 0.1) is 11.7 Å². The van der Waals surface area contributed by atoms with Gasteiger partial charge in [-0.25, -0.2) is 4.68 Å². The molecule has 1 fully saturated rings. The predicted molar refractivity (Wildman–Crippen MR) is 124 cm³/mol. The average molecular weight is 420 g/mol. The number of aliphatic hydroxyl groups excluding tert-OH is 1. The summed E-state index contributed by atoms with van der Waals surface area (Å²) in [6, 6.07) is 18.4. The second-order valence-electron chi connectivity index (χ2n) is 8.74. The van der Waals surface area contributed by atoms with Gasteiger partial charge in [-0.3, -0.25) is 4.90 Å². The lowest BCUT2D eigenvalue weighted by molar-refractivity contribution is 0.102. The van der Waals surface area contributed by atoms with Gasteiger partial charge in [0.25, 0.3) is 0 Å². The minimum atomic E-state index is -0.322. The van der Waals surface area contributed by atoms with Gasteiger partial charge in [-0.05, 0) is 49.8 Å². The standard InChI is InChI=1S/C26H33N3O2/c1-4-22(30)17-29(16-20-13-14-20)18-24-25(21-10-6-5-7-11-21)27-28(3)26(24)31-23-12-8-9-19(2)15-23/h5-12,15,20,22,30H,4,13-14,16-18H2,1-3H3. The molecule has 1 heterocycles. The van der Waals surface area contributed by atoms with Crippen LogP contribution < -0.4 is 4.74 Å². The van der Waals surface area contributed by atoms with Crippen molar-refractivity contribution < 1.29 is 9.84 Å². The second kappa shape index (κ2) is 9.67. The van der Waals surface area contributed by atoms with E-state index < -0.39 is 0 Å². The monoisotopic (exact) mass is 419 g/mol. The Morgan fingerprint density at radius 1 is 1.16 bits per heavy atom. The van der Waals surface area contributed by atoms with E-state index in [1.807, 2.05) is 55.1 Å². The number of aliphatic hydroxyl groups is 1. The highest BCUT2D eigenvalue weighted by molar-refractivity contribution is 5.65. The number of benzene rings is 2. The third-order valence-electron chi connectivity index (χ3n) is 5.87. The normalized spacial score (nSPS) is 14.7. The van der Waals surface area contributed by atoms with E-state index in [0.29, 0.717) is 13.1 Å². The minimum Gasteiger partial charge on any atom is -0.439 e. The summed E-state index contributed by atoms with van der Waals surface area (Å²) < 4.78 is 8.23. The molecule has 0 radical (unpaired) electrons. The first-order valence-electron chi connectivity index (χ1n) is 11.3. The summed E-state index contributed by atoms with van der Waals surface area (Å²) in [6.07, 6.45) is 3.00. The topological polar surface area (TPSA) is 50.5 Å². The molecule has 31 heavy (non-hydrogen) atoms. The molecule has 164 valence electrons. The summed E-state index contributed by atoms with van der Waals surface area (Å²) >= 11 is 0. The van der Waals surface area contributed by atoms with Crippen LogP contribution >= 0.6 is 0 Å². The van der Waals surface area contributed by atoms with Crippen molar-refractivity contribution in [2.45, 2.75) is 45.8 Å². The molecule has 1 N–H and O–H groups in total. The number of hydrogen-bond acceptors (Lipinski definition) is 4. The van der Waals surface area contributed by atoms with E-state index in [9.17, 15) is 5.11 Å². The van der Waals surface area contributed by atoms with Gasteiger partial charge in [0, 0.05) is 32.2 Å². The minimum absolute atomic E-state index is 0.322. The molecule has 1 atom stereocenters. The smallest absolute Gasteiger partial charge is 0.222 e. The molecule has 1 aliphatic rings. The first kappa shape index (κ1) is 21.6. The number of rotatable bonds is 10. The Kier molecular flexibility index (Phi) is 6.73. The second-order valence-corrected chi connectivity index (χ2v) is 8.74. The van der Waals surface area contributed by atoms with Crippen LogP contribution in [0.15, 0.2) is 54.6 Å². The average Bonchev–Trinajstić information content (AvgIpc) is 3.53. The van der Waals surface area contributed by atoms with Gasteiger partial charge < -0.3 is 9.84 Å². The first-order valence-corrected chi connectivity index (χ1v) is 11.3. The Labute approximate surface area is 185 Å². The molecule has 0 aliphatic heterocycles. The van der Waals surface area contributed by atoms with Crippen molar-refractivity contribution in [3.8, 4) is 22.9 Å². The highest BCUT2D eigenvalue weighted by Gasteiger charge is 2.28. The molecule has 3 aromatic rings. The lowest BCUT2D eigenvalue weighted by Gasteiger charge is -2.25. The van der Waals surface area contributed by atoms with Crippen molar-refractivity contribution in [1.82, 2.24) is 14.7 Å². The number of aromatic nitrogens is 2. The molecule has 1 unspecified atom stereocenters. The number of nitrogens with zero attached hydrogens (tertiary/aromatic N) is 3. The van der Waals surface area contributed by atoms with Crippen molar-refractivity contribution in [1.29, 1.82) is 0 Å². The molecule has 0 spiro atoms. The maximum atomic E-state index is 10.4.